The van der Waals surface area contributed by atoms with Crippen LogP contribution in [0.15, 0.2) is 0 Å². The van der Waals surface area contributed by atoms with Crippen LogP contribution in [0.5, 0.6) is 0 Å². The summed E-state index contributed by atoms with van der Waals surface area (Å²) in [6.07, 6.45) is 3.75. The fourth-order valence-electron chi connectivity index (χ4n) is 2.68. The first-order valence-corrected chi connectivity index (χ1v) is 6.51. The minimum Gasteiger partial charge on any atom is -0.389 e. The highest BCUT2D eigenvalue weighted by Gasteiger charge is 2.34. The van der Waals surface area contributed by atoms with Gasteiger partial charge < -0.3 is 15.7 Å². The Bertz CT molecular complexity index is 216. The minimum atomic E-state index is -0.601. The van der Waals surface area contributed by atoms with Gasteiger partial charge in [0.1, 0.15) is 0 Å². The maximum Gasteiger partial charge on any atom is 0.0768 e. The van der Waals surface area contributed by atoms with E-state index in [1.54, 1.807) is 0 Å². The summed E-state index contributed by atoms with van der Waals surface area (Å²) in [4.78, 5) is 2.31. The van der Waals surface area contributed by atoms with Gasteiger partial charge in [0, 0.05) is 12.6 Å². The molecular weight excluding hydrogens is 200 g/mol. The van der Waals surface area contributed by atoms with Gasteiger partial charge in [-0.15, -0.1) is 0 Å². The van der Waals surface area contributed by atoms with Gasteiger partial charge in [0.25, 0.3) is 0 Å². The average Bonchev–Trinajstić information content (AvgIpc) is 2.64. The largest absolute Gasteiger partial charge is 0.389 e. The number of likely N-dealkylation sites (N-methyl/N-ethyl adjacent to an activating group) is 1. The Morgan fingerprint density at radius 1 is 1.44 bits per heavy atom. The Balaban J connectivity index is 2.54. The molecule has 0 aromatic rings. The molecule has 1 fully saturated rings. The fourth-order valence-corrected chi connectivity index (χ4v) is 2.68. The van der Waals surface area contributed by atoms with Crippen LogP contribution in [0.3, 0.4) is 0 Å². The normalized spacial score (nSPS) is 30.0. The smallest absolute Gasteiger partial charge is 0.0768 e. The molecule has 0 amide bonds. The third-order valence-corrected chi connectivity index (χ3v) is 4.30. The van der Waals surface area contributed by atoms with E-state index in [0.717, 1.165) is 13.1 Å². The van der Waals surface area contributed by atoms with Gasteiger partial charge in [0.05, 0.1) is 5.60 Å². The molecule has 0 aliphatic heterocycles. The Morgan fingerprint density at radius 3 is 2.56 bits per heavy atom. The van der Waals surface area contributed by atoms with Crippen LogP contribution < -0.4 is 5.73 Å². The number of aliphatic hydroxyl groups is 1. The van der Waals surface area contributed by atoms with Crippen LogP contribution in [-0.4, -0.2) is 41.8 Å². The number of hydrogen-bond acceptors (Lipinski definition) is 3. The maximum atomic E-state index is 10.3. The lowest BCUT2D eigenvalue weighted by atomic mass is 9.91. The molecule has 1 saturated carbocycles. The highest BCUT2D eigenvalue weighted by Crippen LogP contribution is 2.30. The summed E-state index contributed by atoms with van der Waals surface area (Å²) >= 11 is 0. The van der Waals surface area contributed by atoms with Crippen molar-refractivity contribution in [2.24, 2.45) is 17.6 Å². The van der Waals surface area contributed by atoms with Crippen LogP contribution >= 0.6 is 0 Å². The van der Waals surface area contributed by atoms with Crippen LogP contribution in [0.25, 0.3) is 0 Å². The molecule has 0 heterocycles. The van der Waals surface area contributed by atoms with E-state index in [1.807, 2.05) is 6.92 Å². The molecule has 0 aromatic carbocycles. The molecule has 0 saturated heterocycles. The van der Waals surface area contributed by atoms with Crippen molar-refractivity contribution >= 4 is 0 Å². The predicted octanol–water partition coefficient (Wildman–Crippen LogP) is 1.45. The van der Waals surface area contributed by atoms with Crippen LogP contribution in [0.2, 0.25) is 0 Å². The third-order valence-electron chi connectivity index (χ3n) is 4.30. The SMILES string of the molecule is CC(C)C(C)(O)CN(C)C1CCCC1CN. The van der Waals surface area contributed by atoms with E-state index in [9.17, 15) is 5.11 Å². The molecule has 3 N–H and O–H groups in total. The van der Waals surface area contributed by atoms with Gasteiger partial charge in [-0.05, 0) is 45.2 Å². The Hall–Kier alpha value is -0.120. The van der Waals surface area contributed by atoms with Crippen LogP contribution in [-0.2, 0) is 0 Å². The van der Waals surface area contributed by atoms with Gasteiger partial charge in [-0.2, -0.15) is 0 Å². The van der Waals surface area contributed by atoms with Crippen LogP contribution in [0, 0.1) is 11.8 Å². The highest BCUT2D eigenvalue weighted by molar-refractivity contribution is 4.88. The van der Waals surface area contributed by atoms with E-state index in [4.69, 9.17) is 5.73 Å². The van der Waals surface area contributed by atoms with E-state index >= 15 is 0 Å². The molecule has 0 aromatic heterocycles. The van der Waals surface area contributed by atoms with E-state index in [2.05, 4.69) is 25.8 Å². The van der Waals surface area contributed by atoms with Crippen molar-refractivity contribution in [3.8, 4) is 0 Å². The van der Waals surface area contributed by atoms with Gasteiger partial charge in [0.2, 0.25) is 0 Å². The molecule has 1 aliphatic rings. The quantitative estimate of drug-likeness (QED) is 0.749. The second kappa shape index (κ2) is 5.48. The molecule has 0 spiro atoms. The van der Waals surface area contributed by atoms with E-state index in [0.29, 0.717) is 12.0 Å². The maximum absolute atomic E-state index is 10.3. The summed E-state index contributed by atoms with van der Waals surface area (Å²) in [6, 6.07) is 0.565. The van der Waals surface area contributed by atoms with Crippen molar-refractivity contribution in [1.82, 2.24) is 4.90 Å². The van der Waals surface area contributed by atoms with Crippen molar-refractivity contribution in [2.45, 2.75) is 51.7 Å². The number of nitrogens with two attached hydrogens (primary N) is 1. The fraction of sp³-hybridized carbons (Fsp3) is 1.00. The lowest BCUT2D eigenvalue weighted by Crippen LogP contribution is -2.48. The van der Waals surface area contributed by atoms with Crippen molar-refractivity contribution in [3.63, 3.8) is 0 Å². The summed E-state index contributed by atoms with van der Waals surface area (Å²) < 4.78 is 0. The zero-order chi connectivity index (χ0) is 12.3. The van der Waals surface area contributed by atoms with Gasteiger partial charge in [-0.1, -0.05) is 20.3 Å². The molecule has 96 valence electrons. The summed E-state index contributed by atoms with van der Waals surface area (Å²) in [7, 11) is 2.12. The zero-order valence-electron chi connectivity index (χ0n) is 11.2. The molecule has 1 rings (SSSR count). The summed E-state index contributed by atoms with van der Waals surface area (Å²) in [5, 5.41) is 10.3. The Labute approximate surface area is 100 Å². The Kier molecular flexibility index (Phi) is 4.77. The first kappa shape index (κ1) is 13.9. The molecule has 3 unspecified atom stereocenters. The number of rotatable bonds is 5. The molecule has 16 heavy (non-hydrogen) atoms. The van der Waals surface area contributed by atoms with Gasteiger partial charge in [0.15, 0.2) is 0 Å². The molecule has 0 bridgehead atoms. The summed E-state index contributed by atoms with van der Waals surface area (Å²) in [5.41, 5.74) is 5.20. The predicted molar refractivity (Wildman–Crippen MR) is 68.3 cm³/mol. The van der Waals surface area contributed by atoms with E-state index in [-0.39, 0.29) is 5.92 Å². The Morgan fingerprint density at radius 2 is 2.06 bits per heavy atom. The second-order valence-corrected chi connectivity index (χ2v) is 5.92. The van der Waals surface area contributed by atoms with Crippen molar-refractivity contribution in [2.75, 3.05) is 20.1 Å². The van der Waals surface area contributed by atoms with E-state index < -0.39 is 5.60 Å². The number of hydrogen-bond donors (Lipinski definition) is 2. The minimum absolute atomic E-state index is 0.285. The van der Waals surface area contributed by atoms with E-state index in [1.165, 1.54) is 19.3 Å². The lowest BCUT2D eigenvalue weighted by Gasteiger charge is -2.37. The average molecular weight is 228 g/mol. The highest BCUT2D eigenvalue weighted by atomic mass is 16.3. The molecular formula is C13H28N2O. The zero-order valence-corrected chi connectivity index (χ0v) is 11.2. The van der Waals surface area contributed by atoms with Gasteiger partial charge >= 0.3 is 0 Å². The van der Waals surface area contributed by atoms with Crippen molar-refractivity contribution in [1.29, 1.82) is 0 Å². The second-order valence-electron chi connectivity index (χ2n) is 5.92. The molecule has 0 radical (unpaired) electrons. The first-order valence-electron chi connectivity index (χ1n) is 6.51. The summed E-state index contributed by atoms with van der Waals surface area (Å²) in [6.45, 7) is 7.59. The van der Waals surface area contributed by atoms with Gasteiger partial charge in [-0.3, -0.25) is 0 Å². The van der Waals surface area contributed by atoms with Crippen molar-refractivity contribution < 1.29 is 5.11 Å². The molecule has 1 aliphatic carbocycles. The molecule has 3 atom stereocenters. The van der Waals surface area contributed by atoms with Crippen LogP contribution in [0.1, 0.15) is 40.0 Å². The first-order chi connectivity index (χ1) is 7.38. The third kappa shape index (κ3) is 3.19. The summed E-state index contributed by atoms with van der Waals surface area (Å²) in [5.74, 6) is 0.903. The molecule has 3 heteroatoms. The lowest BCUT2D eigenvalue weighted by molar-refractivity contribution is -0.0252. The van der Waals surface area contributed by atoms with Crippen LogP contribution in [0.4, 0.5) is 0 Å². The van der Waals surface area contributed by atoms with Gasteiger partial charge in [-0.25, -0.2) is 0 Å². The molecule has 3 nitrogen and oxygen atoms in total. The van der Waals surface area contributed by atoms with Crippen molar-refractivity contribution in [3.05, 3.63) is 0 Å². The number of nitrogens with zero attached hydrogens (tertiary/aromatic N) is 1. The topological polar surface area (TPSA) is 49.5 Å². The standard InChI is InChI=1S/C13H28N2O/c1-10(2)13(3,16)9-15(4)12-7-5-6-11(12)8-14/h10-12,16H,5-9,14H2,1-4H3. The monoisotopic (exact) mass is 228 g/mol.